The smallest absolute Gasteiger partial charge is 0.0708 e. The molecule has 8 aromatic carbocycles. The van der Waals surface area contributed by atoms with Crippen molar-refractivity contribution >= 4 is 21.5 Å². The molecule has 11 aromatic rings. The predicted octanol–water partition coefficient (Wildman–Crippen LogP) is 16.4. The Morgan fingerprint density at radius 1 is 0.324 bits per heavy atom. The number of nitrogens with zero attached hydrogens (tertiary/aromatic N) is 3. The fourth-order valence-corrected chi connectivity index (χ4v) is 9.49. The zero-order valence-corrected chi connectivity index (χ0v) is 37.5. The third-order valence-corrected chi connectivity index (χ3v) is 13.1. The van der Waals surface area contributed by atoms with Gasteiger partial charge in [0.2, 0.25) is 0 Å². The van der Waals surface area contributed by atoms with E-state index >= 15 is 0 Å². The molecular weight excluding hydrogens is 823 g/mol. The average molecular weight is 880 g/mol. The van der Waals surface area contributed by atoms with Gasteiger partial charge in [-0.25, -0.2) is 0 Å². The van der Waals surface area contributed by atoms with Crippen molar-refractivity contribution in [3.05, 3.63) is 258 Å². The molecule has 0 saturated heterocycles. The molecule has 3 heteroatoms. The van der Waals surface area contributed by atoms with Crippen LogP contribution in [0.25, 0.3) is 88.7 Å². The molecule has 0 saturated carbocycles. The second-order valence-electron chi connectivity index (χ2n) is 17.5. The van der Waals surface area contributed by atoms with Gasteiger partial charge in [-0.15, -0.1) is 0 Å². The largest absolute Gasteiger partial charge is 0.256 e. The molecule has 0 atom stereocenters. The van der Waals surface area contributed by atoms with E-state index in [1.165, 1.54) is 16.2 Å². The zero-order valence-electron chi connectivity index (χ0n) is 43.5. The first kappa shape index (κ1) is 35.9. The summed E-state index contributed by atoms with van der Waals surface area (Å²) in [6, 6.07) is 69.8. The normalized spacial score (nSPS) is 13.0. The number of pyridine rings is 3. The van der Waals surface area contributed by atoms with Crippen molar-refractivity contribution in [3.63, 3.8) is 0 Å². The van der Waals surface area contributed by atoms with Gasteiger partial charge in [0, 0.05) is 49.1 Å². The molecule has 3 aromatic heterocycles. The van der Waals surface area contributed by atoms with Crippen LogP contribution < -0.4 is 0 Å². The Labute approximate surface area is 408 Å². The van der Waals surface area contributed by atoms with Gasteiger partial charge in [-0.05, 0) is 146 Å². The van der Waals surface area contributed by atoms with Crippen LogP contribution in [0.3, 0.4) is 0 Å². The van der Waals surface area contributed by atoms with Crippen LogP contribution in [0.15, 0.2) is 225 Å². The average Bonchev–Trinajstić information content (AvgIpc) is 3.43. The summed E-state index contributed by atoms with van der Waals surface area (Å²) in [4.78, 5) is 14.6. The van der Waals surface area contributed by atoms with E-state index in [0.717, 1.165) is 72.3 Å². The summed E-state index contributed by atoms with van der Waals surface area (Å²) >= 11 is 0. The van der Waals surface area contributed by atoms with Crippen LogP contribution in [0.5, 0.6) is 0 Å². The Kier molecular flexibility index (Phi) is 9.99. The Morgan fingerprint density at radius 3 is 1.43 bits per heavy atom. The summed E-state index contributed by atoms with van der Waals surface area (Å²) in [6.07, 6.45) is 7.40. The molecule has 0 aliphatic heterocycles. The van der Waals surface area contributed by atoms with Gasteiger partial charge in [-0.3, -0.25) is 15.0 Å². The number of rotatable bonds is 12. The first-order chi connectivity index (χ1) is 35.9. The van der Waals surface area contributed by atoms with Gasteiger partial charge in [0.05, 0.1) is 17.1 Å². The minimum atomic E-state index is -2.35. The van der Waals surface area contributed by atoms with Crippen molar-refractivity contribution in [3.8, 4) is 67.2 Å². The van der Waals surface area contributed by atoms with E-state index in [-0.39, 0.29) is 11.1 Å². The molecule has 0 unspecified atom stereocenters. The monoisotopic (exact) mass is 879 g/mol. The molecule has 0 spiro atoms. The number of aryl methyl sites for hydroxylation is 6. The molecule has 0 aliphatic rings. The summed E-state index contributed by atoms with van der Waals surface area (Å²) < 4.78 is 51.4. The fourth-order valence-electron chi connectivity index (χ4n) is 9.49. The van der Waals surface area contributed by atoms with E-state index in [2.05, 4.69) is 115 Å². The highest BCUT2D eigenvalue weighted by molar-refractivity contribution is 6.09. The third kappa shape index (κ3) is 8.87. The van der Waals surface area contributed by atoms with Crippen molar-refractivity contribution in [1.29, 1.82) is 0 Å². The number of hydrogen-bond acceptors (Lipinski definition) is 3. The Balaban J connectivity index is 1.02. The minimum absolute atomic E-state index is 0.289. The molecule has 11 rings (SSSR count). The van der Waals surface area contributed by atoms with Crippen molar-refractivity contribution in [2.75, 3.05) is 0 Å². The molecule has 0 amide bonds. The molecule has 0 fully saturated rings. The first-order valence-electron chi connectivity index (χ1n) is 26.2. The standard InChI is InChI=1S/C65H51N3/c1-44-34-63(49-17-6-3-7-18-49)66-41-54(44)28-26-46-36-47(27-29-55-42-67-64(35-45(55)2)50-19-8-4-9-20-50)38-56(37-46)58-24-14-15-25-60(58)62-43-68-65(51-21-10-5-11-22-51)40-61(62)53-32-33-59-52(39-53)31-30-48-16-12-13-23-57(48)59/h3-25,30-43H,26-29H2,1-2H3/i1D3,2D3. The van der Waals surface area contributed by atoms with Crippen LogP contribution in [0.4, 0.5) is 0 Å². The lowest BCUT2D eigenvalue weighted by atomic mass is 9.87. The fraction of sp³-hybridized carbons (Fsp3) is 0.0923. The van der Waals surface area contributed by atoms with Crippen molar-refractivity contribution in [2.24, 2.45) is 0 Å². The summed E-state index contributed by atoms with van der Waals surface area (Å²) in [5.74, 6) is 0. The van der Waals surface area contributed by atoms with Crippen LogP contribution in [0, 0.1) is 13.7 Å². The molecule has 0 aliphatic carbocycles. The third-order valence-electron chi connectivity index (χ3n) is 13.1. The molecule has 0 bridgehead atoms. The quantitative estimate of drug-likeness (QED) is 0.115. The second kappa shape index (κ2) is 18.9. The molecule has 0 N–H and O–H groups in total. The lowest BCUT2D eigenvalue weighted by Gasteiger charge is -2.18. The van der Waals surface area contributed by atoms with Crippen LogP contribution >= 0.6 is 0 Å². The molecule has 0 radical (unpaired) electrons. The summed E-state index contributed by atoms with van der Waals surface area (Å²) in [5, 5.41) is 4.75. The van der Waals surface area contributed by atoms with Gasteiger partial charge in [-0.1, -0.05) is 182 Å². The van der Waals surface area contributed by atoms with Gasteiger partial charge < -0.3 is 0 Å². The Morgan fingerprint density at radius 2 is 0.824 bits per heavy atom. The van der Waals surface area contributed by atoms with Gasteiger partial charge in [0.25, 0.3) is 0 Å². The van der Waals surface area contributed by atoms with Gasteiger partial charge >= 0.3 is 0 Å². The Hall–Kier alpha value is -8.27. The number of benzene rings is 8. The molecule has 3 heterocycles. The Bertz CT molecular complexity index is 3690. The first-order valence-corrected chi connectivity index (χ1v) is 23.2. The van der Waals surface area contributed by atoms with Crippen LogP contribution in [-0.4, -0.2) is 15.0 Å². The maximum absolute atomic E-state index is 8.57. The lowest BCUT2D eigenvalue weighted by Crippen LogP contribution is -2.01. The second-order valence-corrected chi connectivity index (χ2v) is 17.5. The van der Waals surface area contributed by atoms with Crippen molar-refractivity contribution in [1.82, 2.24) is 15.0 Å². The van der Waals surface area contributed by atoms with E-state index in [9.17, 15) is 0 Å². The number of hydrogen-bond donors (Lipinski definition) is 0. The highest BCUT2D eigenvalue weighted by Gasteiger charge is 2.18. The summed E-state index contributed by atoms with van der Waals surface area (Å²) in [6.45, 7) is -4.70. The lowest BCUT2D eigenvalue weighted by molar-refractivity contribution is 0.913. The minimum Gasteiger partial charge on any atom is -0.256 e. The summed E-state index contributed by atoms with van der Waals surface area (Å²) in [7, 11) is 0. The van der Waals surface area contributed by atoms with Crippen LogP contribution in [-0.2, 0) is 25.7 Å². The van der Waals surface area contributed by atoms with Crippen molar-refractivity contribution < 1.29 is 8.22 Å². The van der Waals surface area contributed by atoms with Gasteiger partial charge in [0.15, 0.2) is 0 Å². The van der Waals surface area contributed by atoms with E-state index in [4.69, 9.17) is 23.2 Å². The van der Waals surface area contributed by atoms with Crippen LogP contribution in [0.1, 0.15) is 41.6 Å². The van der Waals surface area contributed by atoms with Gasteiger partial charge in [-0.2, -0.15) is 0 Å². The summed E-state index contributed by atoms with van der Waals surface area (Å²) in [5.41, 5.74) is 14.9. The van der Waals surface area contributed by atoms with Crippen molar-refractivity contribution in [2.45, 2.75) is 39.4 Å². The number of aromatic nitrogens is 3. The topological polar surface area (TPSA) is 38.7 Å². The highest BCUT2D eigenvalue weighted by Crippen LogP contribution is 2.41. The molecule has 326 valence electrons. The van der Waals surface area contributed by atoms with E-state index < -0.39 is 13.7 Å². The predicted molar refractivity (Wildman–Crippen MR) is 285 cm³/mol. The molecule has 3 nitrogen and oxygen atoms in total. The molecular formula is C65H51N3. The highest BCUT2D eigenvalue weighted by atomic mass is 14.7. The SMILES string of the molecule is [2H]C([2H])([2H])c1cc(-c2ccccc2)ncc1CCc1cc(CCc2cnc(-c3ccccc3)cc2C([2H])([2H])[2H])cc(-c2ccccc2-c2cnc(-c3ccccc3)cc2-c2ccc3c(ccc4ccccc43)c2)c1. The van der Waals surface area contributed by atoms with E-state index in [1.54, 1.807) is 24.5 Å². The van der Waals surface area contributed by atoms with Crippen LogP contribution in [0.2, 0.25) is 0 Å². The number of fused-ring (bicyclic) bond motifs is 3. The maximum atomic E-state index is 8.57. The van der Waals surface area contributed by atoms with Gasteiger partial charge in [0.1, 0.15) is 0 Å². The maximum Gasteiger partial charge on any atom is 0.0708 e. The zero-order chi connectivity index (χ0) is 50.8. The van der Waals surface area contributed by atoms with E-state index in [1.807, 2.05) is 85.1 Å². The van der Waals surface area contributed by atoms with E-state index in [0.29, 0.717) is 48.2 Å². The molecule has 68 heavy (non-hydrogen) atoms.